The predicted octanol–water partition coefficient (Wildman–Crippen LogP) is 1.37. The van der Waals surface area contributed by atoms with Gasteiger partial charge >= 0.3 is 0 Å². The molecule has 0 unspecified atom stereocenters. The largest absolute Gasteiger partial charge is 0.393 e. The van der Waals surface area contributed by atoms with E-state index in [0.29, 0.717) is 24.4 Å². The molecule has 2 fully saturated rings. The van der Waals surface area contributed by atoms with Gasteiger partial charge in [0.15, 0.2) is 0 Å². The van der Waals surface area contributed by atoms with Gasteiger partial charge in [0.05, 0.1) is 10.4 Å². The van der Waals surface area contributed by atoms with Crippen molar-refractivity contribution in [1.82, 2.24) is 4.90 Å². The predicted molar refractivity (Wildman–Crippen MR) is 68.3 cm³/mol. The molecule has 1 aliphatic carbocycles. The molecule has 1 heterocycles. The summed E-state index contributed by atoms with van der Waals surface area (Å²) in [5, 5.41) is 0. The van der Waals surface area contributed by atoms with Gasteiger partial charge in [0, 0.05) is 19.4 Å². The van der Waals surface area contributed by atoms with Crippen LogP contribution in [-0.4, -0.2) is 28.2 Å². The number of carbonyl (C=O) groups is 2. The molecule has 0 radical (unpaired) electrons. The van der Waals surface area contributed by atoms with Gasteiger partial charge in [0.25, 0.3) is 0 Å². The van der Waals surface area contributed by atoms with Crippen LogP contribution in [0.2, 0.25) is 0 Å². The van der Waals surface area contributed by atoms with Gasteiger partial charge in [-0.3, -0.25) is 14.5 Å². The zero-order valence-corrected chi connectivity index (χ0v) is 10.7. The van der Waals surface area contributed by atoms with Crippen LogP contribution in [0.1, 0.15) is 44.9 Å². The minimum atomic E-state index is -0.383. The van der Waals surface area contributed by atoms with Crippen LogP contribution >= 0.6 is 12.2 Å². The van der Waals surface area contributed by atoms with Crippen LogP contribution in [0.15, 0.2) is 0 Å². The van der Waals surface area contributed by atoms with Gasteiger partial charge in [0.2, 0.25) is 11.8 Å². The molecule has 0 bridgehead atoms. The lowest BCUT2D eigenvalue weighted by molar-refractivity contribution is -0.142. The highest BCUT2D eigenvalue weighted by Gasteiger charge is 2.51. The molecule has 2 amide bonds. The molecule has 2 N–H and O–H groups in total. The van der Waals surface area contributed by atoms with Crippen molar-refractivity contribution in [2.24, 2.45) is 11.1 Å². The van der Waals surface area contributed by atoms with Gasteiger partial charge in [0.1, 0.15) is 0 Å². The first-order valence-electron chi connectivity index (χ1n) is 6.18. The molecule has 4 nitrogen and oxygen atoms in total. The lowest BCUT2D eigenvalue weighted by Crippen LogP contribution is -2.38. The van der Waals surface area contributed by atoms with Gasteiger partial charge in [-0.25, -0.2) is 0 Å². The van der Waals surface area contributed by atoms with Gasteiger partial charge < -0.3 is 5.73 Å². The SMILES string of the molecule is NC(=S)CCN1C(=O)CC2(CCCCC2)C1=O. The average Bonchev–Trinajstić information content (AvgIpc) is 2.50. The van der Waals surface area contributed by atoms with Crippen LogP contribution in [0.3, 0.4) is 0 Å². The number of likely N-dealkylation sites (tertiary alicyclic amines) is 1. The molecule has 0 aromatic rings. The van der Waals surface area contributed by atoms with Crippen LogP contribution in [0.25, 0.3) is 0 Å². The van der Waals surface area contributed by atoms with Gasteiger partial charge in [-0.2, -0.15) is 0 Å². The number of imide groups is 1. The molecule has 1 saturated heterocycles. The third-order valence-electron chi connectivity index (χ3n) is 3.88. The second-order valence-electron chi connectivity index (χ2n) is 5.08. The molecule has 0 aromatic carbocycles. The molecule has 2 rings (SSSR count). The minimum absolute atomic E-state index is 0.0125. The molecular formula is C12H18N2O2S. The van der Waals surface area contributed by atoms with E-state index >= 15 is 0 Å². The quantitative estimate of drug-likeness (QED) is 0.610. The standard InChI is InChI=1S/C12H18N2O2S/c13-9(17)4-7-14-10(15)8-12(11(14)16)5-2-1-3-6-12/h1-8H2,(H2,13,17). The van der Waals surface area contributed by atoms with Crippen molar-refractivity contribution in [2.75, 3.05) is 6.54 Å². The Bertz CT molecular complexity index is 362. The van der Waals surface area contributed by atoms with Crippen molar-refractivity contribution in [3.8, 4) is 0 Å². The Morgan fingerprint density at radius 2 is 1.94 bits per heavy atom. The maximum Gasteiger partial charge on any atom is 0.235 e. The Kier molecular flexibility index (Phi) is 3.47. The summed E-state index contributed by atoms with van der Waals surface area (Å²) in [5.74, 6) is -0.0356. The van der Waals surface area contributed by atoms with Crippen LogP contribution in [0, 0.1) is 5.41 Å². The fourth-order valence-corrected chi connectivity index (χ4v) is 3.02. The van der Waals surface area contributed by atoms with E-state index in [2.05, 4.69) is 0 Å². The first-order valence-corrected chi connectivity index (χ1v) is 6.59. The summed E-state index contributed by atoms with van der Waals surface area (Å²) in [6, 6.07) is 0. The highest BCUT2D eigenvalue weighted by Crippen LogP contribution is 2.45. The monoisotopic (exact) mass is 254 g/mol. The maximum atomic E-state index is 12.3. The number of thiocarbonyl (C=S) groups is 1. The summed E-state index contributed by atoms with van der Waals surface area (Å²) in [6.07, 6.45) is 5.84. The van der Waals surface area contributed by atoms with E-state index < -0.39 is 0 Å². The summed E-state index contributed by atoms with van der Waals surface area (Å²) >= 11 is 4.78. The van der Waals surface area contributed by atoms with Gasteiger partial charge in [-0.05, 0) is 12.8 Å². The summed E-state index contributed by atoms with van der Waals surface area (Å²) < 4.78 is 0. The van der Waals surface area contributed by atoms with E-state index in [4.69, 9.17) is 18.0 Å². The lowest BCUT2D eigenvalue weighted by atomic mass is 9.73. The first kappa shape index (κ1) is 12.5. The third-order valence-corrected chi connectivity index (χ3v) is 4.09. The molecule has 0 aromatic heterocycles. The van der Waals surface area contributed by atoms with Crippen LogP contribution < -0.4 is 5.73 Å². The Hall–Kier alpha value is -0.970. The molecule has 1 aliphatic heterocycles. The Balaban J connectivity index is 2.07. The summed E-state index contributed by atoms with van der Waals surface area (Å²) in [7, 11) is 0. The minimum Gasteiger partial charge on any atom is -0.393 e. The Morgan fingerprint density at radius 1 is 1.29 bits per heavy atom. The molecule has 2 aliphatic rings. The van der Waals surface area contributed by atoms with E-state index in [1.807, 2.05) is 0 Å². The number of carbonyl (C=O) groups excluding carboxylic acids is 2. The van der Waals surface area contributed by atoms with Crippen molar-refractivity contribution < 1.29 is 9.59 Å². The number of nitrogens with two attached hydrogens (primary N) is 1. The maximum absolute atomic E-state index is 12.3. The Morgan fingerprint density at radius 3 is 2.53 bits per heavy atom. The van der Waals surface area contributed by atoms with E-state index in [-0.39, 0.29) is 17.2 Å². The fourth-order valence-electron chi connectivity index (χ4n) is 2.93. The lowest BCUT2D eigenvalue weighted by Gasteiger charge is -2.30. The summed E-state index contributed by atoms with van der Waals surface area (Å²) in [5.41, 5.74) is 5.03. The second kappa shape index (κ2) is 4.72. The molecule has 94 valence electrons. The van der Waals surface area contributed by atoms with E-state index in [1.165, 1.54) is 11.3 Å². The van der Waals surface area contributed by atoms with Crippen molar-refractivity contribution in [1.29, 1.82) is 0 Å². The molecule has 1 saturated carbocycles. The molecule has 0 atom stereocenters. The number of hydrogen-bond donors (Lipinski definition) is 1. The zero-order chi connectivity index (χ0) is 12.5. The van der Waals surface area contributed by atoms with E-state index in [1.54, 1.807) is 0 Å². The summed E-state index contributed by atoms with van der Waals surface area (Å²) in [6.45, 7) is 0.356. The zero-order valence-electron chi connectivity index (χ0n) is 9.91. The molecule has 1 spiro atoms. The molecular weight excluding hydrogens is 236 g/mol. The topological polar surface area (TPSA) is 63.4 Å². The summed E-state index contributed by atoms with van der Waals surface area (Å²) in [4.78, 5) is 25.9. The van der Waals surface area contributed by atoms with Crippen LogP contribution in [0.4, 0.5) is 0 Å². The van der Waals surface area contributed by atoms with Crippen molar-refractivity contribution in [3.05, 3.63) is 0 Å². The highest BCUT2D eigenvalue weighted by atomic mass is 32.1. The molecule has 5 heteroatoms. The average molecular weight is 254 g/mol. The number of nitrogens with zero attached hydrogens (tertiary/aromatic N) is 1. The van der Waals surface area contributed by atoms with Gasteiger partial charge in [-0.1, -0.05) is 31.5 Å². The smallest absolute Gasteiger partial charge is 0.235 e. The number of rotatable bonds is 3. The normalized spacial score (nSPS) is 23.4. The van der Waals surface area contributed by atoms with Crippen LogP contribution in [-0.2, 0) is 9.59 Å². The Labute approximate surface area is 107 Å². The van der Waals surface area contributed by atoms with Crippen molar-refractivity contribution in [2.45, 2.75) is 44.9 Å². The highest BCUT2D eigenvalue weighted by molar-refractivity contribution is 7.80. The number of hydrogen-bond acceptors (Lipinski definition) is 3. The van der Waals surface area contributed by atoms with Crippen molar-refractivity contribution in [3.63, 3.8) is 0 Å². The molecule has 17 heavy (non-hydrogen) atoms. The first-order chi connectivity index (χ1) is 8.05. The van der Waals surface area contributed by atoms with E-state index in [9.17, 15) is 9.59 Å². The van der Waals surface area contributed by atoms with Crippen molar-refractivity contribution >= 4 is 29.0 Å². The second-order valence-corrected chi connectivity index (χ2v) is 5.61. The number of amides is 2. The van der Waals surface area contributed by atoms with E-state index in [0.717, 1.165) is 25.7 Å². The van der Waals surface area contributed by atoms with Gasteiger partial charge in [-0.15, -0.1) is 0 Å². The third kappa shape index (κ3) is 2.34. The fraction of sp³-hybridized carbons (Fsp3) is 0.750. The van der Waals surface area contributed by atoms with Crippen LogP contribution in [0.5, 0.6) is 0 Å².